The Morgan fingerprint density at radius 3 is 2.83 bits per heavy atom. The number of amides is 1. The summed E-state index contributed by atoms with van der Waals surface area (Å²) in [6.45, 7) is 3.49. The Kier molecular flexibility index (Phi) is 4.17. The molecule has 3 aliphatic heterocycles. The summed E-state index contributed by atoms with van der Waals surface area (Å²) < 4.78 is 7.51. The van der Waals surface area contributed by atoms with E-state index < -0.39 is 0 Å². The van der Waals surface area contributed by atoms with Crippen molar-refractivity contribution in [1.29, 1.82) is 0 Å². The molecule has 154 valence electrons. The van der Waals surface area contributed by atoms with E-state index in [-0.39, 0.29) is 11.9 Å². The first-order chi connectivity index (χ1) is 14.7. The van der Waals surface area contributed by atoms with Crippen molar-refractivity contribution in [2.75, 3.05) is 19.6 Å². The van der Waals surface area contributed by atoms with E-state index in [0.29, 0.717) is 41.1 Å². The van der Waals surface area contributed by atoms with Crippen LogP contribution in [0.3, 0.4) is 0 Å². The number of carbonyl (C=O) groups is 1. The van der Waals surface area contributed by atoms with E-state index in [4.69, 9.17) is 16.1 Å². The van der Waals surface area contributed by atoms with Gasteiger partial charge in [0.2, 0.25) is 11.7 Å². The van der Waals surface area contributed by atoms with Crippen LogP contribution in [0.2, 0.25) is 5.02 Å². The Labute approximate surface area is 178 Å². The number of likely N-dealkylation sites (tertiary alicyclic amines) is 1. The number of hydrogen-bond donors (Lipinski definition) is 0. The minimum absolute atomic E-state index is 0.0413. The topological polar surface area (TPSA) is 80.3 Å². The molecule has 2 fully saturated rings. The maximum absolute atomic E-state index is 13.1. The molecule has 0 N–H and O–H groups in total. The first-order valence-electron chi connectivity index (χ1n) is 10.4. The third kappa shape index (κ3) is 2.70. The Hall–Kier alpha value is -2.71. The number of imidazole rings is 1. The van der Waals surface area contributed by atoms with Crippen molar-refractivity contribution in [3.63, 3.8) is 0 Å². The van der Waals surface area contributed by atoms with Crippen LogP contribution in [0.25, 0.3) is 17.2 Å². The third-order valence-electron chi connectivity index (χ3n) is 6.35. The van der Waals surface area contributed by atoms with Crippen molar-refractivity contribution in [2.24, 2.45) is 0 Å². The fraction of sp³-hybridized carbons (Fsp3) is 0.429. The predicted molar refractivity (Wildman–Crippen MR) is 109 cm³/mol. The lowest BCUT2D eigenvalue weighted by atomic mass is 9.97. The number of carbonyl (C=O) groups excluding carboxylic acids is 1. The second-order valence-electron chi connectivity index (χ2n) is 8.13. The molecule has 1 aromatic carbocycles. The summed E-state index contributed by atoms with van der Waals surface area (Å²) in [6, 6.07) is 5.44. The maximum Gasteiger partial charge on any atom is 0.258 e. The van der Waals surface area contributed by atoms with Gasteiger partial charge in [0.05, 0.1) is 34.6 Å². The van der Waals surface area contributed by atoms with E-state index in [2.05, 4.69) is 20.0 Å². The van der Waals surface area contributed by atoms with Gasteiger partial charge < -0.3 is 9.42 Å². The fourth-order valence-corrected chi connectivity index (χ4v) is 5.00. The molecule has 0 saturated carbocycles. The molecule has 0 radical (unpaired) electrons. The zero-order valence-corrected chi connectivity index (χ0v) is 17.2. The minimum Gasteiger partial charge on any atom is -0.337 e. The molecule has 6 rings (SSSR count). The first-order valence-corrected chi connectivity index (χ1v) is 10.8. The zero-order chi connectivity index (χ0) is 20.2. The van der Waals surface area contributed by atoms with E-state index in [1.807, 2.05) is 21.6 Å². The summed E-state index contributed by atoms with van der Waals surface area (Å²) >= 11 is 6.41. The highest BCUT2D eigenvalue weighted by molar-refractivity contribution is 6.34. The summed E-state index contributed by atoms with van der Waals surface area (Å²) in [6.07, 6.45) is 6.31. The van der Waals surface area contributed by atoms with Crippen molar-refractivity contribution in [1.82, 2.24) is 29.5 Å². The molecule has 0 spiro atoms. The number of hydrogen-bond acceptors (Lipinski definition) is 6. The van der Waals surface area contributed by atoms with Crippen molar-refractivity contribution < 1.29 is 9.32 Å². The van der Waals surface area contributed by atoms with Gasteiger partial charge in [0, 0.05) is 6.54 Å². The number of nitrogens with zero attached hydrogens (tertiary/aromatic N) is 6. The lowest BCUT2D eigenvalue weighted by molar-refractivity contribution is 0.0461. The van der Waals surface area contributed by atoms with Crippen LogP contribution in [0.5, 0.6) is 0 Å². The Balaban J connectivity index is 1.41. The van der Waals surface area contributed by atoms with Crippen LogP contribution in [0, 0.1) is 0 Å². The van der Waals surface area contributed by atoms with Gasteiger partial charge in [0.25, 0.3) is 5.91 Å². The SMILES string of the molecule is O=C1c2c(Cl)cccc2-n2cnc(-c3noc(CN4CCCCC4)n3)c2[C@@H]2CCN12. The van der Waals surface area contributed by atoms with Gasteiger partial charge in [0.1, 0.15) is 12.0 Å². The van der Waals surface area contributed by atoms with Crippen molar-refractivity contribution in [3.8, 4) is 17.2 Å². The van der Waals surface area contributed by atoms with Gasteiger partial charge >= 0.3 is 0 Å². The van der Waals surface area contributed by atoms with Crippen LogP contribution >= 0.6 is 11.6 Å². The van der Waals surface area contributed by atoms with Gasteiger partial charge in [-0.15, -0.1) is 0 Å². The smallest absolute Gasteiger partial charge is 0.258 e. The second-order valence-corrected chi connectivity index (χ2v) is 8.54. The largest absolute Gasteiger partial charge is 0.337 e. The summed E-state index contributed by atoms with van der Waals surface area (Å²) in [5.41, 5.74) is 2.85. The molecular weight excluding hydrogens is 404 g/mol. The third-order valence-corrected chi connectivity index (χ3v) is 6.67. The maximum atomic E-state index is 13.1. The van der Waals surface area contributed by atoms with E-state index >= 15 is 0 Å². The van der Waals surface area contributed by atoms with Crippen LogP contribution in [-0.2, 0) is 6.54 Å². The van der Waals surface area contributed by atoms with Crippen molar-refractivity contribution >= 4 is 17.5 Å². The molecule has 3 aliphatic rings. The average molecular weight is 425 g/mol. The molecule has 8 nitrogen and oxygen atoms in total. The molecule has 9 heteroatoms. The summed E-state index contributed by atoms with van der Waals surface area (Å²) in [7, 11) is 0. The Bertz CT molecular complexity index is 1130. The van der Waals surface area contributed by atoms with Crippen LogP contribution in [-0.4, -0.2) is 55.0 Å². The molecule has 5 heterocycles. The quantitative estimate of drug-likeness (QED) is 0.640. The number of aromatic nitrogens is 4. The van der Waals surface area contributed by atoms with E-state index in [0.717, 1.165) is 30.9 Å². The number of piperidine rings is 1. The minimum atomic E-state index is -0.0671. The molecule has 1 amide bonds. The molecule has 2 saturated heterocycles. The Morgan fingerprint density at radius 2 is 2.03 bits per heavy atom. The number of halogens is 1. The average Bonchev–Trinajstić information content (AvgIpc) is 3.33. The molecule has 0 unspecified atom stereocenters. The van der Waals surface area contributed by atoms with Gasteiger partial charge in [-0.2, -0.15) is 4.98 Å². The second kappa shape index (κ2) is 6.92. The molecular formula is C21H21ClN6O2. The van der Waals surface area contributed by atoms with Gasteiger partial charge in [0.15, 0.2) is 0 Å². The summed E-state index contributed by atoms with van der Waals surface area (Å²) in [5, 5.41) is 4.67. The number of benzene rings is 1. The predicted octanol–water partition coefficient (Wildman–Crippen LogP) is 3.46. The van der Waals surface area contributed by atoms with Crippen molar-refractivity contribution in [3.05, 3.63) is 46.7 Å². The van der Waals surface area contributed by atoms with E-state index in [1.165, 1.54) is 19.3 Å². The van der Waals surface area contributed by atoms with Crippen LogP contribution in [0.15, 0.2) is 29.0 Å². The molecule has 3 aromatic rings. The zero-order valence-electron chi connectivity index (χ0n) is 16.4. The van der Waals surface area contributed by atoms with Gasteiger partial charge in [-0.3, -0.25) is 14.3 Å². The van der Waals surface area contributed by atoms with Crippen LogP contribution in [0.1, 0.15) is 53.7 Å². The Morgan fingerprint density at radius 1 is 1.17 bits per heavy atom. The summed E-state index contributed by atoms with van der Waals surface area (Å²) in [4.78, 5) is 26.6. The molecule has 0 aliphatic carbocycles. The van der Waals surface area contributed by atoms with Gasteiger partial charge in [-0.25, -0.2) is 4.98 Å². The van der Waals surface area contributed by atoms with Crippen LogP contribution in [0.4, 0.5) is 0 Å². The number of rotatable bonds is 3. The standard InChI is InChI=1S/C21H21ClN6O2/c22-13-5-4-6-14-17(13)21(29)27-10-7-15(27)19-18(23-12-28(14)19)20-24-16(30-25-20)11-26-8-2-1-3-9-26/h4-6,12,15H,1-3,7-11H2/t15-/m0/s1. The van der Waals surface area contributed by atoms with E-state index in [9.17, 15) is 4.79 Å². The molecule has 0 bridgehead atoms. The summed E-state index contributed by atoms with van der Waals surface area (Å²) in [5.74, 6) is 1.04. The van der Waals surface area contributed by atoms with Crippen molar-refractivity contribution in [2.45, 2.75) is 38.3 Å². The lowest BCUT2D eigenvalue weighted by Crippen LogP contribution is -2.44. The number of fused-ring (bicyclic) bond motifs is 5. The highest BCUT2D eigenvalue weighted by atomic mass is 35.5. The molecule has 2 aromatic heterocycles. The van der Waals surface area contributed by atoms with Gasteiger partial charge in [-0.1, -0.05) is 29.2 Å². The van der Waals surface area contributed by atoms with Gasteiger partial charge in [-0.05, 0) is 44.5 Å². The molecule has 1 atom stereocenters. The fourth-order valence-electron chi connectivity index (χ4n) is 4.75. The first kappa shape index (κ1) is 18.1. The highest BCUT2D eigenvalue weighted by Gasteiger charge is 2.43. The molecule has 30 heavy (non-hydrogen) atoms. The van der Waals surface area contributed by atoms with E-state index in [1.54, 1.807) is 12.4 Å². The highest BCUT2D eigenvalue weighted by Crippen LogP contribution is 2.44. The lowest BCUT2D eigenvalue weighted by Gasteiger charge is -2.39. The van der Waals surface area contributed by atoms with Crippen LogP contribution < -0.4 is 0 Å². The monoisotopic (exact) mass is 424 g/mol. The normalized spacial score (nSPS) is 20.9.